The van der Waals surface area contributed by atoms with Crippen LogP contribution in [-0.4, -0.2) is 13.7 Å². The lowest BCUT2D eigenvalue weighted by atomic mass is 9.95. The summed E-state index contributed by atoms with van der Waals surface area (Å²) in [6.45, 7) is 3.28. The molecule has 0 radical (unpaired) electrons. The standard InChI is InChI=1S/C11H15NO/c1-8-11-7-10(13-2)4-3-9(11)5-6-12-8/h3-4,7-8,12H,5-6H2,1-2H3/t8-/m1/s1. The molecule has 0 bridgehead atoms. The van der Waals surface area contributed by atoms with Crippen LogP contribution in [0, 0.1) is 0 Å². The first-order valence-electron chi connectivity index (χ1n) is 4.71. The highest BCUT2D eigenvalue weighted by Crippen LogP contribution is 2.26. The Bertz CT molecular complexity index is 309. The first-order chi connectivity index (χ1) is 6.31. The van der Waals surface area contributed by atoms with Crippen LogP contribution in [0.3, 0.4) is 0 Å². The average Bonchev–Trinajstić information content (AvgIpc) is 2.18. The molecule has 2 nitrogen and oxygen atoms in total. The van der Waals surface area contributed by atoms with Crippen LogP contribution in [-0.2, 0) is 6.42 Å². The zero-order chi connectivity index (χ0) is 9.26. The molecule has 1 N–H and O–H groups in total. The summed E-state index contributed by atoms with van der Waals surface area (Å²) in [5, 5.41) is 3.43. The summed E-state index contributed by atoms with van der Waals surface area (Å²) in [6, 6.07) is 6.80. The molecule has 0 spiro atoms. The van der Waals surface area contributed by atoms with E-state index in [0.29, 0.717) is 6.04 Å². The van der Waals surface area contributed by atoms with Gasteiger partial charge in [-0.3, -0.25) is 0 Å². The molecular formula is C11H15NO. The molecule has 0 aliphatic carbocycles. The third kappa shape index (κ3) is 1.54. The fourth-order valence-electron chi connectivity index (χ4n) is 1.86. The van der Waals surface area contributed by atoms with Crippen LogP contribution in [0.4, 0.5) is 0 Å². The lowest BCUT2D eigenvalue weighted by molar-refractivity contribution is 0.412. The van der Waals surface area contributed by atoms with Crippen molar-refractivity contribution in [3.63, 3.8) is 0 Å². The summed E-state index contributed by atoms with van der Waals surface area (Å²) in [7, 11) is 1.71. The molecule has 0 unspecified atom stereocenters. The topological polar surface area (TPSA) is 21.3 Å². The maximum atomic E-state index is 5.20. The van der Waals surface area contributed by atoms with Gasteiger partial charge in [0.05, 0.1) is 7.11 Å². The average molecular weight is 177 g/mol. The van der Waals surface area contributed by atoms with Crippen molar-refractivity contribution >= 4 is 0 Å². The van der Waals surface area contributed by atoms with Crippen molar-refractivity contribution in [1.82, 2.24) is 5.32 Å². The van der Waals surface area contributed by atoms with Gasteiger partial charge in [0.1, 0.15) is 5.75 Å². The Morgan fingerprint density at radius 1 is 1.46 bits per heavy atom. The Kier molecular flexibility index (Phi) is 2.23. The molecule has 2 rings (SSSR count). The molecule has 0 saturated carbocycles. The predicted molar refractivity (Wildman–Crippen MR) is 53.1 cm³/mol. The van der Waals surface area contributed by atoms with E-state index in [1.54, 1.807) is 7.11 Å². The van der Waals surface area contributed by atoms with Gasteiger partial charge >= 0.3 is 0 Å². The summed E-state index contributed by atoms with van der Waals surface area (Å²) in [5.41, 5.74) is 2.83. The molecule has 1 aliphatic rings. The molecule has 0 aromatic heterocycles. The van der Waals surface area contributed by atoms with E-state index in [1.165, 1.54) is 11.1 Å². The zero-order valence-electron chi connectivity index (χ0n) is 8.13. The van der Waals surface area contributed by atoms with Crippen LogP contribution in [0.2, 0.25) is 0 Å². The van der Waals surface area contributed by atoms with Crippen molar-refractivity contribution in [3.05, 3.63) is 29.3 Å². The van der Waals surface area contributed by atoms with Crippen molar-refractivity contribution < 1.29 is 4.74 Å². The molecule has 13 heavy (non-hydrogen) atoms. The van der Waals surface area contributed by atoms with Crippen LogP contribution in [0.15, 0.2) is 18.2 Å². The van der Waals surface area contributed by atoms with Gasteiger partial charge in [0.2, 0.25) is 0 Å². The third-order valence-electron chi connectivity index (χ3n) is 2.66. The summed E-state index contributed by atoms with van der Waals surface area (Å²) in [5.74, 6) is 0.953. The van der Waals surface area contributed by atoms with E-state index in [9.17, 15) is 0 Å². The highest BCUT2D eigenvalue weighted by Gasteiger charge is 2.15. The zero-order valence-corrected chi connectivity index (χ0v) is 8.13. The number of fused-ring (bicyclic) bond motifs is 1. The van der Waals surface area contributed by atoms with Crippen molar-refractivity contribution in [3.8, 4) is 5.75 Å². The molecule has 1 heterocycles. The minimum absolute atomic E-state index is 0.457. The largest absolute Gasteiger partial charge is 0.497 e. The fraction of sp³-hybridized carbons (Fsp3) is 0.455. The molecular weight excluding hydrogens is 162 g/mol. The minimum Gasteiger partial charge on any atom is -0.497 e. The fourth-order valence-corrected chi connectivity index (χ4v) is 1.86. The summed E-state index contributed by atoms with van der Waals surface area (Å²) in [6.07, 6.45) is 1.13. The lowest BCUT2D eigenvalue weighted by Crippen LogP contribution is -2.27. The summed E-state index contributed by atoms with van der Waals surface area (Å²) >= 11 is 0. The van der Waals surface area contributed by atoms with Crippen LogP contribution < -0.4 is 10.1 Å². The Morgan fingerprint density at radius 3 is 3.08 bits per heavy atom. The quantitative estimate of drug-likeness (QED) is 0.707. The van der Waals surface area contributed by atoms with Crippen LogP contribution in [0.25, 0.3) is 0 Å². The highest BCUT2D eigenvalue weighted by molar-refractivity contribution is 5.38. The minimum atomic E-state index is 0.457. The molecule has 1 atom stereocenters. The van der Waals surface area contributed by atoms with Gasteiger partial charge in [-0.05, 0) is 43.1 Å². The highest BCUT2D eigenvalue weighted by atomic mass is 16.5. The van der Waals surface area contributed by atoms with Gasteiger partial charge < -0.3 is 10.1 Å². The van der Waals surface area contributed by atoms with Crippen LogP contribution >= 0.6 is 0 Å². The molecule has 0 fully saturated rings. The van der Waals surface area contributed by atoms with E-state index in [0.717, 1.165) is 18.7 Å². The van der Waals surface area contributed by atoms with Crippen molar-refractivity contribution in [2.45, 2.75) is 19.4 Å². The van der Waals surface area contributed by atoms with Gasteiger partial charge in [-0.1, -0.05) is 6.07 Å². The van der Waals surface area contributed by atoms with Crippen molar-refractivity contribution in [1.29, 1.82) is 0 Å². The van der Waals surface area contributed by atoms with E-state index in [1.807, 2.05) is 6.07 Å². The number of hydrogen-bond donors (Lipinski definition) is 1. The van der Waals surface area contributed by atoms with Gasteiger partial charge in [0.15, 0.2) is 0 Å². The number of methoxy groups -OCH3 is 1. The van der Waals surface area contributed by atoms with E-state index >= 15 is 0 Å². The second kappa shape index (κ2) is 3.38. The molecule has 0 amide bonds. The van der Waals surface area contributed by atoms with Gasteiger partial charge in [0, 0.05) is 6.04 Å². The number of ether oxygens (including phenoxy) is 1. The molecule has 0 saturated heterocycles. The monoisotopic (exact) mass is 177 g/mol. The van der Waals surface area contributed by atoms with Gasteiger partial charge in [-0.15, -0.1) is 0 Å². The number of nitrogens with one attached hydrogen (secondary N) is 1. The smallest absolute Gasteiger partial charge is 0.119 e. The maximum Gasteiger partial charge on any atom is 0.119 e. The molecule has 2 heteroatoms. The van der Waals surface area contributed by atoms with Gasteiger partial charge in [0.25, 0.3) is 0 Å². The summed E-state index contributed by atoms with van der Waals surface area (Å²) in [4.78, 5) is 0. The Hall–Kier alpha value is -1.02. The molecule has 70 valence electrons. The normalized spacial score (nSPS) is 20.9. The Labute approximate surface area is 78.9 Å². The lowest BCUT2D eigenvalue weighted by Gasteiger charge is -2.24. The molecule has 1 aromatic carbocycles. The van der Waals surface area contributed by atoms with E-state index < -0.39 is 0 Å². The van der Waals surface area contributed by atoms with Crippen LogP contribution in [0.5, 0.6) is 5.75 Å². The van der Waals surface area contributed by atoms with Gasteiger partial charge in [-0.2, -0.15) is 0 Å². The predicted octanol–water partition coefficient (Wildman–Crippen LogP) is 1.90. The maximum absolute atomic E-state index is 5.20. The molecule has 1 aliphatic heterocycles. The van der Waals surface area contributed by atoms with Gasteiger partial charge in [-0.25, -0.2) is 0 Å². The SMILES string of the molecule is COc1ccc2c(c1)[C@@H](C)NCC2. The van der Waals surface area contributed by atoms with Crippen molar-refractivity contribution in [2.75, 3.05) is 13.7 Å². The van der Waals surface area contributed by atoms with Crippen LogP contribution in [0.1, 0.15) is 24.1 Å². The first kappa shape index (κ1) is 8.57. The van der Waals surface area contributed by atoms with Crippen molar-refractivity contribution in [2.24, 2.45) is 0 Å². The summed E-state index contributed by atoms with van der Waals surface area (Å²) < 4.78 is 5.20. The van der Waals surface area contributed by atoms with E-state index in [4.69, 9.17) is 4.74 Å². The van der Waals surface area contributed by atoms with E-state index in [-0.39, 0.29) is 0 Å². The van der Waals surface area contributed by atoms with E-state index in [2.05, 4.69) is 24.4 Å². The second-order valence-electron chi connectivity index (χ2n) is 3.49. The Balaban J connectivity index is 2.41. The third-order valence-corrected chi connectivity index (χ3v) is 2.66. The number of benzene rings is 1. The molecule has 1 aromatic rings. The number of rotatable bonds is 1. The second-order valence-corrected chi connectivity index (χ2v) is 3.49. The Morgan fingerprint density at radius 2 is 2.31 bits per heavy atom. The number of hydrogen-bond acceptors (Lipinski definition) is 2. The first-order valence-corrected chi connectivity index (χ1v) is 4.71.